The molecular weight excluding hydrogens is 1260 g/mol. The van der Waals surface area contributed by atoms with Crippen LogP contribution in [0.25, 0.3) is 0 Å². The van der Waals surface area contributed by atoms with Crippen molar-refractivity contribution in [3.05, 3.63) is 48.6 Å². The number of ether oxygens (including phenoxy) is 4. The minimum absolute atomic E-state index is 0.0828. The highest BCUT2D eigenvalue weighted by molar-refractivity contribution is 7.47. The molecule has 0 heterocycles. The third kappa shape index (κ3) is 69.5. The molecule has 0 spiro atoms. The van der Waals surface area contributed by atoms with Crippen molar-refractivity contribution in [1.82, 2.24) is 0 Å². The number of hydrogen-bond donors (Lipinski definition) is 3. The third-order valence-corrected chi connectivity index (χ3v) is 18.7. The number of esters is 4. The zero-order valence-electron chi connectivity index (χ0n) is 61.5. The van der Waals surface area contributed by atoms with Crippen molar-refractivity contribution in [2.45, 2.75) is 374 Å². The van der Waals surface area contributed by atoms with Crippen molar-refractivity contribution >= 4 is 39.5 Å². The van der Waals surface area contributed by atoms with Crippen LogP contribution in [-0.2, 0) is 65.4 Å². The lowest BCUT2D eigenvalue weighted by Gasteiger charge is -2.21. The maximum absolute atomic E-state index is 13.1. The third-order valence-electron chi connectivity index (χ3n) is 16.8. The molecule has 96 heavy (non-hydrogen) atoms. The summed E-state index contributed by atoms with van der Waals surface area (Å²) in [6, 6.07) is 0. The molecule has 562 valence electrons. The standard InChI is InChI=1S/C77H142O17P2/c1-6-9-12-15-18-21-23-25-27-32-36-41-46-51-56-61-75(80)88-67-73(94-77(82)63-58-53-48-43-38-34-30-29-31-35-40-44-49-54-59-70(4)5)69-92-96(85,86)90-65-71(78)64-89-95(83,84)91-68-72(66-87-74(79)60-55-50-45-39-20-17-14-11-8-3)93-76(81)62-57-52-47-42-37-33-28-26-24-22-19-16-13-10-7-2/h21-28,70-73,78H,6-20,29-69H2,1-5H3,(H,83,84)(H,85,86)/b23-21-,24-22-,27-25-,28-26-/t71-,72+,73+/m0/s1. The van der Waals surface area contributed by atoms with Gasteiger partial charge in [0.25, 0.3) is 0 Å². The van der Waals surface area contributed by atoms with Gasteiger partial charge in [-0.3, -0.25) is 37.3 Å². The number of phosphoric ester groups is 2. The molecule has 0 aromatic carbocycles. The summed E-state index contributed by atoms with van der Waals surface area (Å²) in [5.41, 5.74) is 0. The molecule has 0 aliphatic rings. The smallest absolute Gasteiger partial charge is 0.462 e. The molecule has 0 aromatic rings. The summed E-state index contributed by atoms with van der Waals surface area (Å²) in [7, 11) is -9.93. The molecule has 17 nitrogen and oxygen atoms in total. The fourth-order valence-electron chi connectivity index (χ4n) is 10.8. The molecule has 0 saturated carbocycles. The van der Waals surface area contributed by atoms with E-state index in [9.17, 15) is 43.2 Å². The van der Waals surface area contributed by atoms with Gasteiger partial charge >= 0.3 is 39.5 Å². The van der Waals surface area contributed by atoms with Gasteiger partial charge in [0.05, 0.1) is 26.4 Å². The van der Waals surface area contributed by atoms with E-state index < -0.39 is 97.5 Å². The van der Waals surface area contributed by atoms with Gasteiger partial charge in [-0.05, 0) is 83.0 Å². The molecule has 0 aliphatic heterocycles. The zero-order chi connectivity index (χ0) is 70.5. The Balaban J connectivity index is 5.30. The molecule has 3 N–H and O–H groups in total. The van der Waals surface area contributed by atoms with Gasteiger partial charge in [0.2, 0.25) is 0 Å². The van der Waals surface area contributed by atoms with Crippen LogP contribution in [0, 0.1) is 5.92 Å². The minimum Gasteiger partial charge on any atom is -0.462 e. The van der Waals surface area contributed by atoms with Crippen molar-refractivity contribution in [1.29, 1.82) is 0 Å². The van der Waals surface area contributed by atoms with Gasteiger partial charge in [-0.1, -0.05) is 302 Å². The van der Waals surface area contributed by atoms with Crippen molar-refractivity contribution in [3.8, 4) is 0 Å². The van der Waals surface area contributed by atoms with Gasteiger partial charge in [0.1, 0.15) is 19.3 Å². The number of aliphatic hydroxyl groups is 1. The van der Waals surface area contributed by atoms with E-state index >= 15 is 0 Å². The largest absolute Gasteiger partial charge is 0.472 e. The van der Waals surface area contributed by atoms with Crippen molar-refractivity contribution in [3.63, 3.8) is 0 Å². The first-order valence-corrected chi connectivity index (χ1v) is 41.8. The summed E-state index contributed by atoms with van der Waals surface area (Å²) in [5.74, 6) is -1.38. The van der Waals surface area contributed by atoms with Gasteiger partial charge < -0.3 is 33.8 Å². The number of aliphatic hydroxyl groups excluding tert-OH is 1. The van der Waals surface area contributed by atoms with Crippen LogP contribution in [0.4, 0.5) is 0 Å². The maximum atomic E-state index is 13.1. The van der Waals surface area contributed by atoms with Crippen molar-refractivity contribution in [2.75, 3.05) is 39.6 Å². The lowest BCUT2D eigenvalue weighted by atomic mass is 10.0. The Hall–Kier alpha value is -2.98. The fraction of sp³-hybridized carbons (Fsp3) is 0.844. The van der Waals surface area contributed by atoms with E-state index in [2.05, 4.69) is 83.2 Å². The quantitative estimate of drug-likeness (QED) is 0.0169. The number of phosphoric acid groups is 2. The summed E-state index contributed by atoms with van der Waals surface area (Å²) in [6.45, 7) is 7.17. The Morgan fingerprint density at radius 2 is 0.562 bits per heavy atom. The van der Waals surface area contributed by atoms with Crippen LogP contribution in [0.5, 0.6) is 0 Å². The topological polar surface area (TPSA) is 237 Å². The first-order valence-electron chi connectivity index (χ1n) is 38.8. The van der Waals surface area contributed by atoms with Crippen LogP contribution in [0.1, 0.15) is 356 Å². The van der Waals surface area contributed by atoms with Gasteiger partial charge in [-0.15, -0.1) is 0 Å². The number of hydrogen-bond acceptors (Lipinski definition) is 15. The summed E-state index contributed by atoms with van der Waals surface area (Å²) in [4.78, 5) is 72.8. The molecule has 0 rings (SSSR count). The summed E-state index contributed by atoms with van der Waals surface area (Å²) in [6.07, 6.45) is 64.0. The Morgan fingerprint density at radius 1 is 0.323 bits per heavy atom. The van der Waals surface area contributed by atoms with E-state index in [-0.39, 0.29) is 25.7 Å². The van der Waals surface area contributed by atoms with E-state index in [1.165, 1.54) is 141 Å². The highest BCUT2D eigenvalue weighted by Gasteiger charge is 2.30. The highest BCUT2D eigenvalue weighted by atomic mass is 31.2. The van der Waals surface area contributed by atoms with Crippen LogP contribution in [0.15, 0.2) is 48.6 Å². The van der Waals surface area contributed by atoms with Gasteiger partial charge in [-0.2, -0.15) is 0 Å². The van der Waals surface area contributed by atoms with E-state index in [4.69, 9.17) is 37.0 Å². The predicted molar refractivity (Wildman–Crippen MR) is 390 cm³/mol. The first-order chi connectivity index (χ1) is 46.5. The lowest BCUT2D eigenvalue weighted by Crippen LogP contribution is -2.30. The molecule has 0 bridgehead atoms. The second-order valence-electron chi connectivity index (χ2n) is 26.8. The number of carbonyl (C=O) groups is 4. The Bertz CT molecular complexity index is 2030. The summed E-state index contributed by atoms with van der Waals surface area (Å²) in [5, 5.41) is 10.6. The molecule has 0 aliphatic carbocycles. The molecule has 2 unspecified atom stereocenters. The average molecular weight is 1400 g/mol. The molecule has 0 radical (unpaired) electrons. The van der Waals surface area contributed by atoms with Crippen molar-refractivity contribution < 1.29 is 80.2 Å². The number of rotatable bonds is 73. The lowest BCUT2D eigenvalue weighted by molar-refractivity contribution is -0.161. The number of allylic oxidation sites excluding steroid dienone is 8. The SMILES string of the molecule is CCCCCC/C=C\C=C/CCCCCCCC(=O)OC[C@H](COP(=O)(O)OC[C@@H](O)COP(=O)(O)OC[C@@H](COC(=O)CCCCCCCCCCC)OC(=O)CCCCCCC/C=C\C=C/CCCCCC)OC(=O)CCCCCCCCCCCCCCCCC(C)C. The highest BCUT2D eigenvalue weighted by Crippen LogP contribution is 2.45. The molecule has 0 amide bonds. The zero-order valence-corrected chi connectivity index (χ0v) is 63.3. The fourth-order valence-corrected chi connectivity index (χ4v) is 12.4. The maximum Gasteiger partial charge on any atom is 0.472 e. The Kier molecular flexibility index (Phi) is 67.0. The molecule has 0 saturated heterocycles. The molecule has 19 heteroatoms. The van der Waals surface area contributed by atoms with E-state index in [0.717, 1.165) is 134 Å². The number of unbranched alkanes of at least 4 members (excludes halogenated alkanes) is 39. The second-order valence-corrected chi connectivity index (χ2v) is 29.8. The van der Waals surface area contributed by atoms with Crippen LogP contribution >= 0.6 is 15.6 Å². The van der Waals surface area contributed by atoms with Crippen LogP contribution in [-0.4, -0.2) is 96.7 Å². The van der Waals surface area contributed by atoms with E-state index in [1.807, 2.05) is 0 Å². The predicted octanol–water partition coefficient (Wildman–Crippen LogP) is 22.0. The van der Waals surface area contributed by atoms with Gasteiger partial charge in [0, 0.05) is 25.7 Å². The molecular formula is C77H142O17P2. The Labute approximate surface area is 585 Å². The van der Waals surface area contributed by atoms with E-state index in [0.29, 0.717) is 25.7 Å². The average Bonchev–Trinajstić information content (AvgIpc) is 1.28. The van der Waals surface area contributed by atoms with Gasteiger partial charge in [-0.25, -0.2) is 9.13 Å². The van der Waals surface area contributed by atoms with Crippen LogP contribution in [0.3, 0.4) is 0 Å². The normalized spacial score (nSPS) is 14.3. The second kappa shape index (κ2) is 69.1. The first kappa shape index (κ1) is 93.0. The van der Waals surface area contributed by atoms with Crippen LogP contribution in [0.2, 0.25) is 0 Å². The number of carbonyl (C=O) groups excluding carboxylic acids is 4. The van der Waals surface area contributed by atoms with E-state index in [1.54, 1.807) is 0 Å². The van der Waals surface area contributed by atoms with Crippen molar-refractivity contribution in [2.24, 2.45) is 5.92 Å². The summed E-state index contributed by atoms with van der Waals surface area (Å²) >= 11 is 0. The van der Waals surface area contributed by atoms with Gasteiger partial charge in [0.15, 0.2) is 12.2 Å². The molecule has 0 fully saturated rings. The molecule has 0 aromatic heterocycles. The molecule has 5 atom stereocenters. The summed E-state index contributed by atoms with van der Waals surface area (Å²) < 4.78 is 68.4. The minimum atomic E-state index is -4.97. The van der Waals surface area contributed by atoms with Crippen LogP contribution < -0.4 is 0 Å². The Morgan fingerprint density at radius 3 is 0.854 bits per heavy atom. The monoisotopic (exact) mass is 1400 g/mol.